The summed E-state index contributed by atoms with van der Waals surface area (Å²) < 4.78 is 0. The number of ketones is 1. The molecule has 5 heteroatoms. The van der Waals surface area contributed by atoms with E-state index in [1.54, 1.807) is 24.3 Å². The third-order valence-corrected chi connectivity index (χ3v) is 5.10. The van der Waals surface area contributed by atoms with Crippen molar-refractivity contribution in [2.45, 2.75) is 33.1 Å². The van der Waals surface area contributed by atoms with Gasteiger partial charge in [-0.15, -0.1) is 0 Å². The fourth-order valence-electron chi connectivity index (χ4n) is 3.24. The molecule has 1 aliphatic carbocycles. The van der Waals surface area contributed by atoms with Crippen LogP contribution in [0.25, 0.3) is 0 Å². The van der Waals surface area contributed by atoms with Crippen molar-refractivity contribution in [2.24, 2.45) is 17.8 Å². The van der Waals surface area contributed by atoms with Crippen LogP contribution in [0.1, 0.15) is 43.5 Å². The molecule has 0 spiro atoms. The van der Waals surface area contributed by atoms with Crippen molar-refractivity contribution in [2.75, 3.05) is 18.4 Å². The molecular weight excluding hydrogens is 304 g/mol. The lowest BCUT2D eigenvalue weighted by molar-refractivity contribution is -0.135. The average Bonchev–Trinajstić information content (AvgIpc) is 3.36. The Bertz CT molecular complexity index is 645. The number of benzene rings is 1. The van der Waals surface area contributed by atoms with Crippen LogP contribution in [-0.4, -0.2) is 35.6 Å². The Morgan fingerprint density at radius 3 is 2.25 bits per heavy atom. The van der Waals surface area contributed by atoms with Crippen molar-refractivity contribution in [3.8, 4) is 0 Å². The quantitative estimate of drug-likeness (QED) is 0.864. The maximum absolute atomic E-state index is 12.5. The fourth-order valence-corrected chi connectivity index (χ4v) is 3.24. The van der Waals surface area contributed by atoms with Crippen LogP contribution >= 0.6 is 0 Å². The first-order chi connectivity index (χ1) is 11.5. The molecule has 2 aliphatic rings. The van der Waals surface area contributed by atoms with E-state index in [0.717, 1.165) is 25.9 Å². The smallest absolute Gasteiger partial charge is 0.228 e. The predicted molar refractivity (Wildman–Crippen MR) is 91.7 cm³/mol. The summed E-state index contributed by atoms with van der Waals surface area (Å²) in [5.41, 5.74) is 1.28. The van der Waals surface area contributed by atoms with Crippen LogP contribution in [0.3, 0.4) is 0 Å². The van der Waals surface area contributed by atoms with Crippen LogP contribution in [0.4, 0.5) is 5.69 Å². The summed E-state index contributed by atoms with van der Waals surface area (Å²) >= 11 is 0. The van der Waals surface area contributed by atoms with Gasteiger partial charge in [0.25, 0.3) is 0 Å². The number of carbonyl (C=O) groups is 3. The second-order valence-electron chi connectivity index (χ2n) is 7.08. The summed E-state index contributed by atoms with van der Waals surface area (Å²) in [5, 5.41) is 2.84. The highest BCUT2D eigenvalue weighted by atomic mass is 16.2. The lowest BCUT2D eigenvalue weighted by Crippen LogP contribution is -2.39. The number of piperidine rings is 1. The molecule has 3 rings (SSSR count). The van der Waals surface area contributed by atoms with Crippen molar-refractivity contribution < 1.29 is 14.4 Å². The molecule has 1 aromatic carbocycles. The van der Waals surface area contributed by atoms with Gasteiger partial charge in [0, 0.05) is 24.3 Å². The van der Waals surface area contributed by atoms with Gasteiger partial charge in [-0.1, -0.05) is 6.92 Å². The number of amides is 2. The van der Waals surface area contributed by atoms with Crippen LogP contribution in [0.15, 0.2) is 24.3 Å². The van der Waals surface area contributed by atoms with Crippen LogP contribution in [0.2, 0.25) is 0 Å². The number of rotatable bonds is 4. The van der Waals surface area contributed by atoms with Crippen molar-refractivity contribution in [3.05, 3.63) is 29.8 Å². The molecule has 1 saturated carbocycles. The zero-order valence-electron chi connectivity index (χ0n) is 14.2. The van der Waals surface area contributed by atoms with Gasteiger partial charge in [0.2, 0.25) is 11.8 Å². The zero-order chi connectivity index (χ0) is 17.3. The summed E-state index contributed by atoms with van der Waals surface area (Å²) in [6.45, 7) is 5.36. The molecule has 1 aliphatic heterocycles. The maximum Gasteiger partial charge on any atom is 0.228 e. The molecule has 2 unspecified atom stereocenters. The molecule has 0 radical (unpaired) electrons. The summed E-state index contributed by atoms with van der Waals surface area (Å²) in [6.07, 6.45) is 2.75. The first-order valence-electron chi connectivity index (χ1n) is 8.66. The molecule has 0 bridgehead atoms. The molecular formula is C19H24N2O3. The van der Waals surface area contributed by atoms with Gasteiger partial charge in [0.05, 0.1) is 11.8 Å². The topological polar surface area (TPSA) is 66.5 Å². The van der Waals surface area contributed by atoms with Gasteiger partial charge < -0.3 is 10.2 Å². The summed E-state index contributed by atoms with van der Waals surface area (Å²) in [4.78, 5) is 37.9. The van der Waals surface area contributed by atoms with Gasteiger partial charge in [-0.25, -0.2) is 0 Å². The molecule has 2 amide bonds. The summed E-state index contributed by atoms with van der Waals surface area (Å²) in [6, 6.07) is 6.84. The van der Waals surface area contributed by atoms with E-state index in [4.69, 9.17) is 0 Å². The third-order valence-electron chi connectivity index (χ3n) is 5.10. The Morgan fingerprint density at radius 2 is 1.67 bits per heavy atom. The normalized spacial score (nSPS) is 23.7. The van der Waals surface area contributed by atoms with Gasteiger partial charge in [0.1, 0.15) is 0 Å². The number of nitrogens with one attached hydrogen (secondary N) is 1. The highest BCUT2D eigenvalue weighted by Crippen LogP contribution is 2.41. The monoisotopic (exact) mass is 328 g/mol. The van der Waals surface area contributed by atoms with E-state index in [9.17, 15) is 14.4 Å². The average molecular weight is 328 g/mol. The predicted octanol–water partition coefficient (Wildman–Crippen LogP) is 2.72. The Morgan fingerprint density at radius 1 is 1.04 bits per heavy atom. The van der Waals surface area contributed by atoms with E-state index in [0.29, 0.717) is 23.6 Å². The molecule has 0 aromatic heterocycles. The van der Waals surface area contributed by atoms with E-state index in [1.807, 2.05) is 4.90 Å². The molecule has 2 fully saturated rings. The van der Waals surface area contributed by atoms with Crippen LogP contribution in [0, 0.1) is 17.8 Å². The van der Waals surface area contributed by atoms with Crippen LogP contribution in [-0.2, 0) is 9.59 Å². The van der Waals surface area contributed by atoms with Gasteiger partial charge >= 0.3 is 0 Å². The largest absolute Gasteiger partial charge is 0.342 e. The van der Waals surface area contributed by atoms with Gasteiger partial charge in [-0.3, -0.25) is 14.4 Å². The minimum atomic E-state index is -0.218. The van der Waals surface area contributed by atoms with Crippen molar-refractivity contribution in [1.29, 1.82) is 0 Å². The molecule has 1 aromatic rings. The number of anilines is 1. The number of nitrogens with zero attached hydrogens (tertiary/aromatic N) is 1. The molecule has 1 saturated heterocycles. The van der Waals surface area contributed by atoms with Gasteiger partial charge in [0.15, 0.2) is 5.78 Å². The maximum atomic E-state index is 12.5. The fraction of sp³-hybridized carbons (Fsp3) is 0.526. The molecule has 5 nitrogen and oxygen atoms in total. The number of hydrogen-bond donors (Lipinski definition) is 1. The SMILES string of the molecule is CC(=O)c1ccc(NC(=O)C2CC2C(=O)N2CCC(C)CC2)cc1. The number of Topliss-reactive ketones (excluding diaryl/α,β-unsaturated/α-hetero) is 1. The second-order valence-corrected chi connectivity index (χ2v) is 7.08. The summed E-state index contributed by atoms with van der Waals surface area (Å²) in [7, 11) is 0. The van der Waals surface area contributed by atoms with E-state index >= 15 is 0 Å². The van der Waals surface area contributed by atoms with E-state index in [1.165, 1.54) is 6.92 Å². The Balaban J connectivity index is 1.52. The molecule has 1 N–H and O–H groups in total. The highest BCUT2D eigenvalue weighted by Gasteiger charge is 2.49. The van der Waals surface area contributed by atoms with Crippen molar-refractivity contribution in [1.82, 2.24) is 4.90 Å². The second kappa shape index (κ2) is 6.75. The molecule has 24 heavy (non-hydrogen) atoms. The zero-order valence-corrected chi connectivity index (χ0v) is 14.2. The Labute approximate surface area is 142 Å². The number of hydrogen-bond acceptors (Lipinski definition) is 3. The highest BCUT2D eigenvalue weighted by molar-refractivity contribution is 6.00. The van der Waals surface area contributed by atoms with E-state index < -0.39 is 0 Å². The molecule has 2 atom stereocenters. The first-order valence-corrected chi connectivity index (χ1v) is 8.66. The van der Waals surface area contributed by atoms with Crippen molar-refractivity contribution >= 4 is 23.3 Å². The Kier molecular flexibility index (Phi) is 4.69. The molecule has 1 heterocycles. The van der Waals surface area contributed by atoms with Crippen molar-refractivity contribution in [3.63, 3.8) is 0 Å². The lowest BCUT2D eigenvalue weighted by Gasteiger charge is -2.30. The first kappa shape index (κ1) is 16.7. The van der Waals surface area contributed by atoms with Crippen LogP contribution < -0.4 is 5.32 Å². The standard InChI is InChI=1S/C19H24N2O3/c1-12-7-9-21(10-8-12)19(24)17-11-16(17)18(23)20-15-5-3-14(4-6-15)13(2)22/h3-6,12,16-17H,7-11H2,1-2H3,(H,20,23). The van der Waals surface area contributed by atoms with Crippen LogP contribution in [0.5, 0.6) is 0 Å². The Hall–Kier alpha value is -2.17. The number of carbonyl (C=O) groups excluding carboxylic acids is 3. The van der Waals surface area contributed by atoms with Gasteiger partial charge in [-0.2, -0.15) is 0 Å². The number of likely N-dealkylation sites (tertiary alicyclic amines) is 1. The summed E-state index contributed by atoms with van der Waals surface area (Å²) in [5.74, 6) is 0.337. The van der Waals surface area contributed by atoms with E-state index in [2.05, 4.69) is 12.2 Å². The third kappa shape index (κ3) is 3.66. The van der Waals surface area contributed by atoms with Gasteiger partial charge in [-0.05, 0) is 56.4 Å². The lowest BCUT2D eigenvalue weighted by atomic mass is 9.99. The minimum absolute atomic E-state index is 0.00317. The molecule has 128 valence electrons. The minimum Gasteiger partial charge on any atom is -0.342 e. The van der Waals surface area contributed by atoms with E-state index in [-0.39, 0.29) is 29.4 Å².